The van der Waals surface area contributed by atoms with Crippen molar-refractivity contribution in [1.82, 2.24) is 9.55 Å². The van der Waals surface area contributed by atoms with Gasteiger partial charge in [0.1, 0.15) is 10.9 Å². The van der Waals surface area contributed by atoms with Crippen LogP contribution in [0.4, 0.5) is 5.95 Å². The van der Waals surface area contributed by atoms with Crippen molar-refractivity contribution < 1.29 is 9.53 Å². The van der Waals surface area contributed by atoms with E-state index in [1.54, 1.807) is 15.9 Å². The number of ether oxygens (including phenoxy) is 1. The van der Waals surface area contributed by atoms with Gasteiger partial charge in [-0.15, -0.1) is 11.3 Å². The largest absolute Gasteiger partial charge is 0.467 e. The molecule has 2 aromatic rings. The number of aromatic nitrogens is 2. The summed E-state index contributed by atoms with van der Waals surface area (Å²) in [6.45, 7) is 7.80. The molecule has 0 amide bonds. The van der Waals surface area contributed by atoms with Crippen molar-refractivity contribution in [3.63, 3.8) is 0 Å². The van der Waals surface area contributed by atoms with Crippen LogP contribution in [0.1, 0.15) is 57.0 Å². The van der Waals surface area contributed by atoms with Gasteiger partial charge in [0.25, 0.3) is 5.56 Å². The molecule has 1 N–H and O–H groups in total. The highest BCUT2D eigenvalue weighted by Crippen LogP contribution is 2.34. The van der Waals surface area contributed by atoms with Gasteiger partial charge >= 0.3 is 5.97 Å². The van der Waals surface area contributed by atoms with Crippen molar-refractivity contribution in [2.45, 2.75) is 65.5 Å². The van der Waals surface area contributed by atoms with Crippen molar-refractivity contribution in [3.05, 3.63) is 20.8 Å². The molecule has 26 heavy (non-hydrogen) atoms. The number of fused-ring (bicyclic) bond motifs is 3. The molecule has 0 saturated carbocycles. The first-order valence-corrected chi connectivity index (χ1v) is 10.1. The van der Waals surface area contributed by atoms with Crippen LogP contribution in [0, 0.1) is 5.92 Å². The zero-order valence-corrected chi connectivity index (χ0v) is 16.9. The van der Waals surface area contributed by atoms with Gasteiger partial charge in [-0.1, -0.05) is 13.8 Å². The molecule has 0 aromatic carbocycles. The van der Waals surface area contributed by atoms with E-state index in [-0.39, 0.29) is 23.5 Å². The first kappa shape index (κ1) is 18.9. The van der Waals surface area contributed by atoms with Crippen LogP contribution in [-0.2, 0) is 22.4 Å². The van der Waals surface area contributed by atoms with E-state index in [2.05, 4.69) is 5.32 Å². The number of nitrogens with zero attached hydrogens (tertiary/aromatic N) is 2. The Balaban J connectivity index is 2.17. The molecule has 1 aliphatic rings. The molecule has 0 fully saturated rings. The molecule has 0 aliphatic heterocycles. The van der Waals surface area contributed by atoms with Crippen molar-refractivity contribution in [2.75, 3.05) is 12.4 Å². The third-order valence-electron chi connectivity index (χ3n) is 4.94. The van der Waals surface area contributed by atoms with Gasteiger partial charge in [0, 0.05) is 10.9 Å². The van der Waals surface area contributed by atoms with Gasteiger partial charge in [0.2, 0.25) is 5.95 Å². The Kier molecular flexibility index (Phi) is 5.37. The van der Waals surface area contributed by atoms with Crippen LogP contribution in [0.5, 0.6) is 0 Å². The highest BCUT2D eigenvalue weighted by atomic mass is 32.1. The zero-order valence-electron chi connectivity index (χ0n) is 16.1. The van der Waals surface area contributed by atoms with Gasteiger partial charge in [-0.25, -0.2) is 9.78 Å². The molecule has 1 aliphatic carbocycles. The summed E-state index contributed by atoms with van der Waals surface area (Å²) in [6.07, 6.45) is 4.27. The molecule has 1 unspecified atom stereocenters. The lowest BCUT2D eigenvalue weighted by molar-refractivity contribution is -0.142. The Morgan fingerprint density at radius 3 is 2.54 bits per heavy atom. The highest BCUT2D eigenvalue weighted by molar-refractivity contribution is 7.18. The number of aryl methyl sites for hydroxylation is 2. The quantitative estimate of drug-likeness (QED) is 0.807. The Bertz CT molecular complexity index is 882. The second kappa shape index (κ2) is 7.39. The summed E-state index contributed by atoms with van der Waals surface area (Å²) < 4.78 is 6.59. The van der Waals surface area contributed by atoms with Gasteiger partial charge in [0.15, 0.2) is 0 Å². The van der Waals surface area contributed by atoms with Crippen LogP contribution in [0.3, 0.4) is 0 Å². The Labute approximate surface area is 157 Å². The highest BCUT2D eigenvalue weighted by Gasteiger charge is 2.27. The first-order chi connectivity index (χ1) is 12.3. The maximum absolute atomic E-state index is 13.3. The third kappa shape index (κ3) is 3.24. The summed E-state index contributed by atoms with van der Waals surface area (Å²) in [5, 5.41) is 3.94. The number of carbonyl (C=O) groups excluding carboxylic acids is 1. The van der Waals surface area contributed by atoms with Crippen molar-refractivity contribution in [2.24, 2.45) is 5.92 Å². The van der Waals surface area contributed by atoms with Crippen LogP contribution in [0.2, 0.25) is 0 Å². The molecule has 0 bridgehead atoms. The van der Waals surface area contributed by atoms with E-state index in [1.165, 1.54) is 24.0 Å². The summed E-state index contributed by atoms with van der Waals surface area (Å²) in [4.78, 5) is 32.3. The van der Waals surface area contributed by atoms with Gasteiger partial charge in [-0.3, -0.25) is 9.36 Å². The molecule has 0 spiro atoms. The fraction of sp³-hybridized carbons (Fsp3) is 0.632. The number of carbonyl (C=O) groups is 1. The predicted octanol–water partition coefficient (Wildman–Crippen LogP) is 3.53. The minimum atomic E-state index is -0.552. The van der Waals surface area contributed by atoms with Gasteiger partial charge in [-0.05, 0) is 51.0 Å². The Morgan fingerprint density at radius 2 is 1.92 bits per heavy atom. The minimum Gasteiger partial charge on any atom is -0.467 e. The summed E-state index contributed by atoms with van der Waals surface area (Å²) in [5.74, 6) is 0.0996. The first-order valence-electron chi connectivity index (χ1n) is 9.26. The number of hydrogen-bond acceptors (Lipinski definition) is 6. The third-order valence-corrected chi connectivity index (χ3v) is 6.13. The number of esters is 1. The molecule has 142 valence electrons. The van der Waals surface area contributed by atoms with Gasteiger partial charge < -0.3 is 10.1 Å². The molecule has 6 nitrogen and oxygen atoms in total. The number of rotatable bonds is 5. The summed E-state index contributed by atoms with van der Waals surface area (Å²) in [5.41, 5.74) is 1.17. The van der Waals surface area contributed by atoms with Gasteiger partial charge in [0.05, 0.1) is 12.5 Å². The molecule has 1 atom stereocenters. The SMILES string of the molecule is COC(=O)C(Nc1nc2sc3c(c2c(=O)n1C(C)C)CCCC3)C(C)C. The number of thiophene rings is 1. The second-order valence-electron chi connectivity index (χ2n) is 7.48. The molecule has 2 aromatic heterocycles. The van der Waals surface area contributed by atoms with Crippen LogP contribution in [-0.4, -0.2) is 28.7 Å². The maximum atomic E-state index is 13.3. The predicted molar refractivity (Wildman–Crippen MR) is 105 cm³/mol. The maximum Gasteiger partial charge on any atom is 0.328 e. The number of hydrogen-bond donors (Lipinski definition) is 1. The Hall–Kier alpha value is -1.89. The molecule has 0 saturated heterocycles. The van der Waals surface area contributed by atoms with Crippen LogP contribution in [0.15, 0.2) is 4.79 Å². The Morgan fingerprint density at radius 1 is 1.23 bits per heavy atom. The molecule has 0 radical (unpaired) electrons. The lowest BCUT2D eigenvalue weighted by Gasteiger charge is -2.24. The van der Waals surface area contributed by atoms with E-state index in [0.29, 0.717) is 5.95 Å². The molecular weight excluding hydrogens is 350 g/mol. The summed E-state index contributed by atoms with van der Waals surface area (Å²) in [7, 11) is 1.37. The molecular formula is C19H27N3O3S. The number of anilines is 1. The fourth-order valence-corrected chi connectivity index (χ4v) is 4.81. The standard InChI is InChI=1S/C19H27N3O3S/c1-10(2)15(18(24)25-5)20-19-21-16-14(17(23)22(19)11(3)4)12-8-6-7-9-13(12)26-16/h10-11,15H,6-9H2,1-5H3,(H,20,21). The summed E-state index contributed by atoms with van der Waals surface area (Å²) >= 11 is 1.62. The van der Waals surface area contributed by atoms with E-state index < -0.39 is 6.04 Å². The lowest BCUT2D eigenvalue weighted by Crippen LogP contribution is -2.38. The molecule has 3 rings (SSSR count). The number of nitrogens with one attached hydrogen (secondary N) is 1. The topological polar surface area (TPSA) is 73.2 Å². The van der Waals surface area contributed by atoms with E-state index in [0.717, 1.165) is 29.5 Å². The fourth-order valence-electron chi connectivity index (χ4n) is 3.56. The number of methoxy groups -OCH3 is 1. The van der Waals surface area contributed by atoms with Crippen molar-refractivity contribution in [1.29, 1.82) is 0 Å². The average molecular weight is 378 g/mol. The van der Waals surface area contributed by atoms with Gasteiger partial charge in [-0.2, -0.15) is 0 Å². The van der Waals surface area contributed by atoms with E-state index >= 15 is 0 Å². The van der Waals surface area contributed by atoms with Crippen molar-refractivity contribution >= 4 is 33.5 Å². The average Bonchev–Trinajstić information content (AvgIpc) is 2.96. The normalized spacial score (nSPS) is 15.3. The lowest BCUT2D eigenvalue weighted by atomic mass is 9.97. The molecule has 7 heteroatoms. The van der Waals surface area contributed by atoms with Crippen LogP contribution < -0.4 is 10.9 Å². The molecule has 2 heterocycles. The van der Waals surface area contributed by atoms with Crippen molar-refractivity contribution in [3.8, 4) is 0 Å². The minimum absolute atomic E-state index is 0.00667. The second-order valence-corrected chi connectivity index (χ2v) is 8.57. The zero-order chi connectivity index (χ0) is 19.0. The monoisotopic (exact) mass is 377 g/mol. The summed E-state index contributed by atoms with van der Waals surface area (Å²) in [6, 6.07) is -0.615. The smallest absolute Gasteiger partial charge is 0.328 e. The van der Waals surface area contributed by atoms with E-state index in [9.17, 15) is 9.59 Å². The van der Waals surface area contributed by atoms with E-state index in [1.807, 2.05) is 27.7 Å². The van der Waals surface area contributed by atoms with Crippen LogP contribution in [0.25, 0.3) is 10.2 Å². The van der Waals surface area contributed by atoms with Crippen LogP contribution >= 0.6 is 11.3 Å². The van der Waals surface area contributed by atoms with E-state index in [4.69, 9.17) is 9.72 Å².